The highest BCUT2D eigenvalue weighted by molar-refractivity contribution is 7.99. The zero-order valence-corrected chi connectivity index (χ0v) is 11.4. The minimum atomic E-state index is 0.526. The molecule has 1 aromatic rings. The van der Waals surface area contributed by atoms with Crippen molar-refractivity contribution < 1.29 is 0 Å². The molecule has 2 rings (SSSR count). The highest BCUT2D eigenvalue weighted by Crippen LogP contribution is 2.29. The molecule has 1 aliphatic rings. The second kappa shape index (κ2) is 5.63. The Balaban J connectivity index is 2.02. The second-order valence-corrected chi connectivity index (χ2v) is 5.89. The van der Waals surface area contributed by atoms with Crippen molar-refractivity contribution in [3.05, 3.63) is 17.8 Å². The van der Waals surface area contributed by atoms with Gasteiger partial charge in [0.2, 0.25) is 0 Å². The summed E-state index contributed by atoms with van der Waals surface area (Å²) in [5, 5.41) is 4.29. The lowest BCUT2D eigenvalue weighted by Crippen LogP contribution is -2.29. The van der Waals surface area contributed by atoms with Crippen molar-refractivity contribution in [2.75, 3.05) is 17.3 Å². The Morgan fingerprint density at radius 3 is 3.00 bits per heavy atom. The monoisotopic (exact) mass is 251 g/mol. The molecule has 2 atom stereocenters. The summed E-state index contributed by atoms with van der Waals surface area (Å²) in [5.41, 5.74) is 7.71. The quantitative estimate of drug-likeness (QED) is 0.867. The van der Waals surface area contributed by atoms with Crippen LogP contribution in [0.5, 0.6) is 0 Å². The number of hydrogen-bond acceptors (Lipinski definition) is 4. The zero-order valence-electron chi connectivity index (χ0n) is 10.6. The number of nitrogens with zero attached hydrogens (tertiary/aromatic N) is 1. The Kier molecular flexibility index (Phi) is 4.15. The summed E-state index contributed by atoms with van der Waals surface area (Å²) in [4.78, 5) is 4.47. The number of aryl methyl sites for hydroxylation is 1. The number of nitrogens with one attached hydrogen (secondary N) is 1. The highest BCUT2D eigenvalue weighted by atomic mass is 32.2. The van der Waals surface area contributed by atoms with Crippen molar-refractivity contribution in [2.24, 2.45) is 0 Å². The fraction of sp³-hybridized carbons (Fsp3) is 0.615. The molecule has 1 aromatic heterocycles. The lowest BCUT2D eigenvalue weighted by Gasteiger charge is -2.29. The average molecular weight is 251 g/mol. The number of rotatable bonds is 3. The van der Waals surface area contributed by atoms with Crippen molar-refractivity contribution in [3.63, 3.8) is 0 Å². The van der Waals surface area contributed by atoms with Gasteiger partial charge in [-0.1, -0.05) is 6.42 Å². The molecular weight excluding hydrogens is 230 g/mol. The molecule has 3 nitrogen and oxygen atoms in total. The van der Waals surface area contributed by atoms with Crippen LogP contribution in [0.4, 0.5) is 11.5 Å². The lowest BCUT2D eigenvalue weighted by atomic mass is 9.95. The van der Waals surface area contributed by atoms with E-state index in [2.05, 4.69) is 16.6 Å². The molecule has 2 unspecified atom stereocenters. The standard InChI is InChI=1S/C13H21N3S/c1-9-6-7-12(14)13(15-9)16-10-4-3-5-11(8-10)17-2/h6-7,10-11H,3-5,8,14H2,1-2H3,(H,15,16). The Morgan fingerprint density at radius 2 is 2.24 bits per heavy atom. The first kappa shape index (κ1) is 12.6. The molecule has 1 aliphatic carbocycles. The van der Waals surface area contributed by atoms with Crippen LogP contribution in [-0.4, -0.2) is 22.5 Å². The summed E-state index contributed by atoms with van der Waals surface area (Å²) in [6.07, 6.45) is 7.29. The fourth-order valence-corrected chi connectivity index (χ4v) is 3.19. The van der Waals surface area contributed by atoms with Crippen LogP contribution in [0, 0.1) is 6.92 Å². The van der Waals surface area contributed by atoms with Gasteiger partial charge in [-0.3, -0.25) is 0 Å². The molecule has 0 radical (unpaired) electrons. The van der Waals surface area contributed by atoms with Crippen molar-refractivity contribution >= 4 is 23.3 Å². The summed E-state index contributed by atoms with van der Waals surface area (Å²) in [7, 11) is 0. The third-order valence-electron chi connectivity index (χ3n) is 3.37. The molecule has 1 fully saturated rings. The van der Waals surface area contributed by atoms with Gasteiger partial charge in [0.1, 0.15) is 5.82 Å². The van der Waals surface area contributed by atoms with Gasteiger partial charge in [0, 0.05) is 17.0 Å². The Labute approximate surface area is 108 Å². The largest absolute Gasteiger partial charge is 0.396 e. The van der Waals surface area contributed by atoms with Gasteiger partial charge in [-0.2, -0.15) is 11.8 Å². The minimum Gasteiger partial charge on any atom is -0.396 e. The molecule has 0 aromatic carbocycles. The summed E-state index contributed by atoms with van der Waals surface area (Å²) >= 11 is 1.98. The Bertz CT molecular complexity index is 381. The number of nitrogens with two attached hydrogens (primary N) is 1. The van der Waals surface area contributed by atoms with Gasteiger partial charge in [0.25, 0.3) is 0 Å². The zero-order chi connectivity index (χ0) is 12.3. The molecule has 0 saturated heterocycles. The van der Waals surface area contributed by atoms with Gasteiger partial charge >= 0.3 is 0 Å². The number of pyridine rings is 1. The van der Waals surface area contributed by atoms with Crippen LogP contribution < -0.4 is 11.1 Å². The number of hydrogen-bond donors (Lipinski definition) is 2. The van der Waals surface area contributed by atoms with E-state index in [0.717, 1.165) is 22.4 Å². The topological polar surface area (TPSA) is 50.9 Å². The number of anilines is 2. The number of aromatic nitrogens is 1. The normalized spacial score (nSPS) is 24.6. The molecule has 0 spiro atoms. The maximum Gasteiger partial charge on any atom is 0.149 e. The number of nitrogen functional groups attached to an aromatic ring is 1. The maximum absolute atomic E-state index is 5.94. The van der Waals surface area contributed by atoms with E-state index in [0.29, 0.717) is 6.04 Å². The second-order valence-electron chi connectivity index (χ2n) is 4.76. The van der Waals surface area contributed by atoms with Gasteiger partial charge in [-0.05, 0) is 44.6 Å². The van der Waals surface area contributed by atoms with E-state index in [-0.39, 0.29) is 0 Å². The molecule has 17 heavy (non-hydrogen) atoms. The highest BCUT2D eigenvalue weighted by Gasteiger charge is 2.21. The van der Waals surface area contributed by atoms with E-state index in [4.69, 9.17) is 5.73 Å². The molecule has 94 valence electrons. The van der Waals surface area contributed by atoms with E-state index in [9.17, 15) is 0 Å². The minimum absolute atomic E-state index is 0.526. The first-order valence-corrected chi connectivity index (χ1v) is 7.50. The predicted octanol–water partition coefficient (Wildman–Crippen LogP) is 3.06. The Morgan fingerprint density at radius 1 is 1.41 bits per heavy atom. The van der Waals surface area contributed by atoms with Crippen LogP contribution in [-0.2, 0) is 0 Å². The van der Waals surface area contributed by atoms with Gasteiger partial charge in [-0.15, -0.1) is 0 Å². The smallest absolute Gasteiger partial charge is 0.149 e. The van der Waals surface area contributed by atoms with Crippen molar-refractivity contribution in [2.45, 2.75) is 43.9 Å². The summed E-state index contributed by atoms with van der Waals surface area (Å²) < 4.78 is 0. The van der Waals surface area contributed by atoms with Crippen LogP contribution in [0.25, 0.3) is 0 Å². The van der Waals surface area contributed by atoms with Gasteiger partial charge in [0.15, 0.2) is 0 Å². The van der Waals surface area contributed by atoms with Crippen molar-refractivity contribution in [1.29, 1.82) is 0 Å². The van der Waals surface area contributed by atoms with Crippen LogP contribution in [0.3, 0.4) is 0 Å². The molecule has 1 saturated carbocycles. The van der Waals surface area contributed by atoms with Crippen LogP contribution in [0.2, 0.25) is 0 Å². The van der Waals surface area contributed by atoms with E-state index in [1.54, 1.807) is 0 Å². The summed E-state index contributed by atoms with van der Waals surface area (Å²) in [5.74, 6) is 0.858. The molecule has 3 N–H and O–H groups in total. The molecular formula is C13H21N3S. The van der Waals surface area contributed by atoms with E-state index in [1.807, 2.05) is 30.8 Å². The van der Waals surface area contributed by atoms with Gasteiger partial charge < -0.3 is 11.1 Å². The first-order chi connectivity index (χ1) is 8.19. The average Bonchev–Trinajstić information content (AvgIpc) is 2.34. The predicted molar refractivity (Wildman–Crippen MR) is 76.6 cm³/mol. The third-order valence-corrected chi connectivity index (χ3v) is 4.46. The number of thioether (sulfide) groups is 1. The van der Waals surface area contributed by atoms with Gasteiger partial charge in [0.05, 0.1) is 5.69 Å². The van der Waals surface area contributed by atoms with E-state index >= 15 is 0 Å². The van der Waals surface area contributed by atoms with E-state index < -0.39 is 0 Å². The Hall–Kier alpha value is -0.900. The molecule has 4 heteroatoms. The van der Waals surface area contributed by atoms with Crippen molar-refractivity contribution in [3.8, 4) is 0 Å². The van der Waals surface area contributed by atoms with Crippen LogP contribution in [0.1, 0.15) is 31.4 Å². The summed E-state index contributed by atoms with van der Waals surface area (Å²) in [6.45, 7) is 2.00. The van der Waals surface area contributed by atoms with Crippen LogP contribution in [0.15, 0.2) is 12.1 Å². The fourth-order valence-electron chi connectivity index (χ4n) is 2.37. The van der Waals surface area contributed by atoms with E-state index in [1.165, 1.54) is 25.7 Å². The maximum atomic E-state index is 5.94. The molecule has 0 bridgehead atoms. The van der Waals surface area contributed by atoms with Gasteiger partial charge in [-0.25, -0.2) is 4.98 Å². The lowest BCUT2D eigenvalue weighted by molar-refractivity contribution is 0.473. The molecule has 1 heterocycles. The molecule has 0 aliphatic heterocycles. The first-order valence-electron chi connectivity index (χ1n) is 6.21. The van der Waals surface area contributed by atoms with Crippen molar-refractivity contribution in [1.82, 2.24) is 4.98 Å². The SMILES string of the molecule is CSC1CCCC(Nc2nc(C)ccc2N)C1. The van der Waals surface area contributed by atoms with Crippen LogP contribution >= 0.6 is 11.8 Å². The summed E-state index contributed by atoms with van der Waals surface area (Å²) in [6, 6.07) is 4.41. The molecule has 0 amide bonds. The third kappa shape index (κ3) is 3.28.